The molecule has 2 aromatic heterocycles. The van der Waals surface area contributed by atoms with Gasteiger partial charge in [-0.3, -0.25) is 4.79 Å². The van der Waals surface area contributed by atoms with Crippen molar-refractivity contribution >= 4 is 34.3 Å². The van der Waals surface area contributed by atoms with E-state index in [4.69, 9.17) is 9.15 Å². The number of carbonyl (C=O) groups is 1. The number of hydrogen-bond acceptors (Lipinski definition) is 6. The van der Waals surface area contributed by atoms with Crippen molar-refractivity contribution in [3.05, 3.63) is 54.7 Å². The van der Waals surface area contributed by atoms with Gasteiger partial charge in [0.25, 0.3) is 11.1 Å². The van der Waals surface area contributed by atoms with Crippen molar-refractivity contribution in [3.8, 4) is 17.2 Å². The quantitative estimate of drug-likeness (QED) is 0.453. The van der Waals surface area contributed by atoms with Gasteiger partial charge in [0.15, 0.2) is 0 Å². The van der Waals surface area contributed by atoms with Crippen LogP contribution in [0.15, 0.2) is 64.4 Å². The Bertz CT molecular complexity index is 1090. The molecule has 0 fully saturated rings. The van der Waals surface area contributed by atoms with Crippen molar-refractivity contribution in [2.45, 2.75) is 12.1 Å². The molecule has 142 valence electrons. The molecule has 0 atom stereocenters. The molecular formula is C20H18N4O3S. The number of amides is 1. The molecule has 0 unspecified atom stereocenters. The van der Waals surface area contributed by atoms with E-state index in [1.807, 2.05) is 49.5 Å². The molecule has 0 bridgehead atoms. The van der Waals surface area contributed by atoms with Gasteiger partial charge in [-0.2, -0.15) is 0 Å². The van der Waals surface area contributed by atoms with E-state index in [-0.39, 0.29) is 11.7 Å². The first-order chi connectivity index (χ1) is 13.7. The number of anilines is 1. The Morgan fingerprint density at radius 1 is 1.18 bits per heavy atom. The average Bonchev–Trinajstić information content (AvgIpc) is 3.35. The summed E-state index contributed by atoms with van der Waals surface area (Å²) in [6, 6.07) is 15.1. The lowest BCUT2D eigenvalue weighted by atomic mass is 10.2. The maximum Gasteiger partial charge on any atom is 0.277 e. The number of fused-ring (bicyclic) bond motifs is 1. The number of rotatable bonds is 7. The van der Waals surface area contributed by atoms with Gasteiger partial charge in [-0.05, 0) is 37.3 Å². The van der Waals surface area contributed by atoms with Crippen LogP contribution in [0.3, 0.4) is 0 Å². The van der Waals surface area contributed by atoms with Crippen molar-refractivity contribution in [1.82, 2.24) is 15.2 Å². The van der Waals surface area contributed by atoms with Gasteiger partial charge in [0.05, 0.1) is 17.9 Å². The summed E-state index contributed by atoms with van der Waals surface area (Å²) < 4.78 is 11.1. The van der Waals surface area contributed by atoms with E-state index in [1.54, 1.807) is 12.1 Å². The molecule has 2 N–H and O–H groups in total. The smallest absolute Gasteiger partial charge is 0.277 e. The third-order valence-electron chi connectivity index (χ3n) is 4.00. The largest absolute Gasteiger partial charge is 0.494 e. The highest BCUT2D eigenvalue weighted by molar-refractivity contribution is 7.99. The Hall–Kier alpha value is -3.26. The van der Waals surface area contributed by atoms with E-state index in [1.165, 1.54) is 11.8 Å². The van der Waals surface area contributed by atoms with Gasteiger partial charge in [0.2, 0.25) is 5.91 Å². The molecule has 28 heavy (non-hydrogen) atoms. The second kappa shape index (κ2) is 8.18. The van der Waals surface area contributed by atoms with Crippen LogP contribution in [0.1, 0.15) is 6.92 Å². The summed E-state index contributed by atoms with van der Waals surface area (Å²) in [6.07, 6.45) is 1.84. The third kappa shape index (κ3) is 4.01. The molecule has 0 aliphatic carbocycles. The zero-order valence-electron chi connectivity index (χ0n) is 15.1. The third-order valence-corrected chi connectivity index (χ3v) is 4.82. The number of para-hydroxylation sites is 1. The summed E-state index contributed by atoms with van der Waals surface area (Å²) in [6.45, 7) is 2.53. The highest BCUT2D eigenvalue weighted by Crippen LogP contribution is 2.29. The van der Waals surface area contributed by atoms with E-state index in [2.05, 4.69) is 20.5 Å². The summed E-state index contributed by atoms with van der Waals surface area (Å²) in [5.74, 6) is 1.21. The molecule has 0 aliphatic rings. The van der Waals surface area contributed by atoms with Crippen LogP contribution in [0.4, 0.5) is 5.69 Å². The summed E-state index contributed by atoms with van der Waals surface area (Å²) >= 11 is 1.20. The second-order valence-electron chi connectivity index (χ2n) is 5.92. The SMILES string of the molecule is CCOc1ccc(NC(=O)CSc2nnc(-c3c[nH]c4ccccc34)o2)cc1. The van der Waals surface area contributed by atoms with E-state index < -0.39 is 0 Å². The molecule has 2 heterocycles. The van der Waals surface area contributed by atoms with E-state index in [0.29, 0.717) is 23.4 Å². The highest BCUT2D eigenvalue weighted by Gasteiger charge is 2.14. The first kappa shape index (κ1) is 18.1. The van der Waals surface area contributed by atoms with Gasteiger partial charge in [-0.25, -0.2) is 0 Å². The standard InChI is InChI=1S/C20H18N4O3S/c1-2-26-14-9-7-13(8-10-14)22-18(25)12-28-20-24-23-19(27-20)16-11-21-17-6-4-3-5-15(16)17/h3-11,21H,2,12H2,1H3,(H,22,25). The van der Waals surface area contributed by atoms with Gasteiger partial charge in [0, 0.05) is 22.8 Å². The number of carbonyl (C=O) groups excluding carboxylic acids is 1. The van der Waals surface area contributed by atoms with Crippen molar-refractivity contribution < 1.29 is 13.9 Å². The lowest BCUT2D eigenvalue weighted by Crippen LogP contribution is -2.13. The van der Waals surface area contributed by atoms with Crippen LogP contribution >= 0.6 is 11.8 Å². The minimum Gasteiger partial charge on any atom is -0.494 e. The summed E-state index contributed by atoms with van der Waals surface area (Å²) in [7, 11) is 0. The molecule has 0 aliphatic heterocycles. The van der Waals surface area contributed by atoms with Crippen molar-refractivity contribution in [1.29, 1.82) is 0 Å². The molecule has 1 amide bonds. The van der Waals surface area contributed by atoms with E-state index >= 15 is 0 Å². The predicted octanol–water partition coefficient (Wildman–Crippen LogP) is 4.35. The number of ether oxygens (including phenoxy) is 1. The van der Waals surface area contributed by atoms with Crippen LogP contribution in [0.5, 0.6) is 5.75 Å². The maximum atomic E-state index is 12.1. The van der Waals surface area contributed by atoms with Crippen LogP contribution in [0, 0.1) is 0 Å². The molecule has 7 nitrogen and oxygen atoms in total. The molecule has 4 aromatic rings. The van der Waals surface area contributed by atoms with Crippen molar-refractivity contribution in [2.24, 2.45) is 0 Å². The molecular weight excluding hydrogens is 376 g/mol. The van der Waals surface area contributed by atoms with Crippen LogP contribution in [-0.4, -0.2) is 33.4 Å². The Labute approximate surface area is 165 Å². The molecule has 0 radical (unpaired) electrons. The highest BCUT2D eigenvalue weighted by atomic mass is 32.2. The number of hydrogen-bond donors (Lipinski definition) is 2. The number of aromatic nitrogens is 3. The van der Waals surface area contributed by atoms with Gasteiger partial charge < -0.3 is 19.5 Å². The van der Waals surface area contributed by atoms with Crippen molar-refractivity contribution in [2.75, 3.05) is 17.7 Å². The zero-order chi connectivity index (χ0) is 19.3. The number of H-pyrrole nitrogens is 1. The molecule has 8 heteroatoms. The Morgan fingerprint density at radius 3 is 2.82 bits per heavy atom. The first-order valence-electron chi connectivity index (χ1n) is 8.78. The van der Waals surface area contributed by atoms with Crippen LogP contribution in [0.2, 0.25) is 0 Å². The van der Waals surface area contributed by atoms with Gasteiger partial charge >= 0.3 is 0 Å². The van der Waals surface area contributed by atoms with Crippen LogP contribution < -0.4 is 10.1 Å². The van der Waals surface area contributed by atoms with Crippen LogP contribution in [-0.2, 0) is 4.79 Å². The summed E-state index contributed by atoms with van der Waals surface area (Å²) in [5.41, 5.74) is 2.55. The Kier molecular flexibility index (Phi) is 5.29. The van der Waals surface area contributed by atoms with Gasteiger partial charge in [0.1, 0.15) is 5.75 Å². The molecule has 2 aromatic carbocycles. The monoisotopic (exact) mass is 394 g/mol. The van der Waals surface area contributed by atoms with Gasteiger partial charge in [-0.15, -0.1) is 10.2 Å². The predicted molar refractivity (Wildman–Crippen MR) is 109 cm³/mol. The number of benzene rings is 2. The fourth-order valence-electron chi connectivity index (χ4n) is 2.75. The molecule has 0 saturated carbocycles. The lowest BCUT2D eigenvalue weighted by Gasteiger charge is -2.06. The maximum absolute atomic E-state index is 12.1. The Morgan fingerprint density at radius 2 is 2.00 bits per heavy atom. The summed E-state index contributed by atoms with van der Waals surface area (Å²) in [4.78, 5) is 15.3. The molecule has 0 spiro atoms. The fourth-order valence-corrected chi connectivity index (χ4v) is 3.31. The first-order valence-corrected chi connectivity index (χ1v) is 9.77. The Balaban J connectivity index is 1.36. The fraction of sp³-hybridized carbons (Fsp3) is 0.150. The molecule has 0 saturated heterocycles. The molecule has 4 rings (SSSR count). The minimum atomic E-state index is -0.152. The second-order valence-corrected chi connectivity index (χ2v) is 6.84. The number of nitrogens with one attached hydrogen (secondary N) is 2. The van der Waals surface area contributed by atoms with Gasteiger partial charge in [-0.1, -0.05) is 30.0 Å². The van der Waals surface area contributed by atoms with Crippen molar-refractivity contribution in [3.63, 3.8) is 0 Å². The number of aromatic amines is 1. The number of nitrogens with zero attached hydrogens (tertiary/aromatic N) is 2. The van der Waals surface area contributed by atoms with E-state index in [9.17, 15) is 4.79 Å². The van der Waals surface area contributed by atoms with E-state index in [0.717, 1.165) is 22.2 Å². The lowest BCUT2D eigenvalue weighted by molar-refractivity contribution is -0.113. The minimum absolute atomic E-state index is 0.152. The topological polar surface area (TPSA) is 93.0 Å². The zero-order valence-corrected chi connectivity index (χ0v) is 16.0. The number of thioether (sulfide) groups is 1. The average molecular weight is 394 g/mol. The van der Waals surface area contributed by atoms with Crippen LogP contribution in [0.25, 0.3) is 22.4 Å². The normalized spacial score (nSPS) is 10.9. The summed E-state index contributed by atoms with van der Waals surface area (Å²) in [5, 5.41) is 12.3.